The van der Waals surface area contributed by atoms with Crippen molar-refractivity contribution in [2.45, 2.75) is 70.9 Å². The predicted octanol–water partition coefficient (Wildman–Crippen LogP) is 2.09. The van der Waals surface area contributed by atoms with Crippen molar-refractivity contribution in [1.29, 1.82) is 0 Å². The maximum Gasteiger partial charge on any atom is 0.508 e. The Hall–Kier alpha value is -3.31. The Morgan fingerprint density at radius 1 is 1.34 bits per heavy atom. The van der Waals surface area contributed by atoms with Crippen LogP contribution in [0.3, 0.4) is 0 Å². The number of azide groups is 1. The second kappa shape index (κ2) is 10.8. The van der Waals surface area contributed by atoms with Crippen LogP contribution in [0.2, 0.25) is 0 Å². The number of esters is 1. The second-order valence-corrected chi connectivity index (χ2v) is 8.22. The van der Waals surface area contributed by atoms with Gasteiger partial charge in [-0.1, -0.05) is 5.11 Å². The molecule has 1 saturated heterocycles. The minimum absolute atomic E-state index is 0.0436. The molecule has 1 aromatic rings. The number of H-pyrrole nitrogens is 1. The molecule has 1 N–H and O–H groups in total. The van der Waals surface area contributed by atoms with Gasteiger partial charge in [0.25, 0.3) is 5.56 Å². The van der Waals surface area contributed by atoms with Crippen LogP contribution in [0.15, 0.2) is 20.9 Å². The van der Waals surface area contributed by atoms with E-state index in [2.05, 4.69) is 15.0 Å². The van der Waals surface area contributed by atoms with Gasteiger partial charge in [0, 0.05) is 29.5 Å². The van der Waals surface area contributed by atoms with Crippen LogP contribution >= 0.6 is 0 Å². The normalized spacial score (nSPS) is 20.3. The van der Waals surface area contributed by atoms with Gasteiger partial charge in [0.2, 0.25) is 0 Å². The van der Waals surface area contributed by atoms with Crippen molar-refractivity contribution in [3.05, 3.63) is 43.0 Å². The summed E-state index contributed by atoms with van der Waals surface area (Å²) in [6.07, 6.45) is -0.754. The molecule has 0 spiro atoms. The Bertz CT molecular complexity index is 989. The highest BCUT2D eigenvalue weighted by Gasteiger charge is 2.37. The van der Waals surface area contributed by atoms with Crippen molar-refractivity contribution in [2.75, 3.05) is 13.2 Å². The third-order valence-corrected chi connectivity index (χ3v) is 4.39. The second-order valence-electron chi connectivity index (χ2n) is 8.22. The van der Waals surface area contributed by atoms with E-state index in [0.717, 1.165) is 0 Å². The summed E-state index contributed by atoms with van der Waals surface area (Å²) in [5.41, 5.74) is 7.33. The number of nitrogens with zero attached hydrogens (tertiary/aromatic N) is 4. The summed E-state index contributed by atoms with van der Waals surface area (Å²) in [7, 11) is 0. The number of hydrogen-bond donors (Lipinski definition) is 1. The molecule has 2 heterocycles. The molecule has 1 aromatic heterocycles. The molecule has 32 heavy (non-hydrogen) atoms. The minimum atomic E-state index is -0.974. The summed E-state index contributed by atoms with van der Waals surface area (Å²) in [6, 6.07) is -0.705. The molecular weight excluding hydrogens is 426 g/mol. The number of hydrogen-bond acceptors (Lipinski definition) is 9. The monoisotopic (exact) mass is 453 g/mol. The third-order valence-electron chi connectivity index (χ3n) is 4.39. The van der Waals surface area contributed by atoms with Gasteiger partial charge in [0.1, 0.15) is 24.5 Å². The van der Waals surface area contributed by atoms with E-state index >= 15 is 0 Å². The lowest BCUT2D eigenvalue weighted by Gasteiger charge is -2.19. The minimum Gasteiger partial charge on any atom is -0.460 e. The van der Waals surface area contributed by atoms with E-state index in [1.807, 2.05) is 0 Å². The number of aromatic amines is 1. The standard InChI is InChI=1S/C19H27N5O8/c1-11-9-24(17(27)21-16(11)26)14-8-12(22-23-20)13(31-14)10-30-18(28)29-7-5-6-15(25)32-19(2,3)4/h9,12-14H,5-8,10H2,1-4H3,(H,21,26,27). The molecule has 1 aliphatic rings. The van der Waals surface area contributed by atoms with Gasteiger partial charge < -0.3 is 18.9 Å². The molecule has 0 aliphatic carbocycles. The van der Waals surface area contributed by atoms with Crippen LogP contribution in [-0.2, 0) is 23.7 Å². The van der Waals surface area contributed by atoms with Crippen LogP contribution in [0.4, 0.5) is 4.79 Å². The Morgan fingerprint density at radius 2 is 2.06 bits per heavy atom. The summed E-state index contributed by atoms with van der Waals surface area (Å²) in [4.78, 5) is 52.0. The fourth-order valence-electron chi connectivity index (χ4n) is 2.98. The number of rotatable bonds is 8. The molecule has 13 heteroatoms. The topological polar surface area (TPSA) is 175 Å². The SMILES string of the molecule is Cc1cn(C2CC(N=[N+]=[N-])C(COC(=O)OCCCC(=O)OC(C)(C)C)O2)c(=O)[nH]c1=O. The van der Waals surface area contributed by atoms with Crippen molar-refractivity contribution in [2.24, 2.45) is 5.11 Å². The van der Waals surface area contributed by atoms with E-state index in [9.17, 15) is 19.2 Å². The van der Waals surface area contributed by atoms with Gasteiger partial charge >= 0.3 is 17.8 Å². The van der Waals surface area contributed by atoms with E-state index in [1.54, 1.807) is 20.8 Å². The fraction of sp³-hybridized carbons (Fsp3) is 0.684. The molecule has 0 amide bonds. The average molecular weight is 453 g/mol. The van der Waals surface area contributed by atoms with Crippen molar-refractivity contribution in [3.8, 4) is 0 Å². The van der Waals surface area contributed by atoms with E-state index in [0.29, 0.717) is 5.56 Å². The van der Waals surface area contributed by atoms with Gasteiger partial charge in [-0.25, -0.2) is 9.59 Å². The zero-order chi connectivity index (χ0) is 23.9. The van der Waals surface area contributed by atoms with Crippen LogP contribution in [0.25, 0.3) is 10.4 Å². The Kier molecular flexibility index (Phi) is 8.44. The van der Waals surface area contributed by atoms with Crippen LogP contribution in [0.1, 0.15) is 51.8 Å². The number of ether oxygens (including phenoxy) is 4. The largest absolute Gasteiger partial charge is 0.508 e. The lowest BCUT2D eigenvalue weighted by molar-refractivity contribution is -0.155. The van der Waals surface area contributed by atoms with Crippen LogP contribution in [0, 0.1) is 6.92 Å². The van der Waals surface area contributed by atoms with Crippen LogP contribution in [0.5, 0.6) is 0 Å². The first-order valence-electron chi connectivity index (χ1n) is 10.0. The quantitative estimate of drug-likeness (QED) is 0.204. The summed E-state index contributed by atoms with van der Waals surface area (Å²) in [5.74, 6) is -0.398. The number of carbonyl (C=O) groups excluding carboxylic acids is 2. The third kappa shape index (κ3) is 7.43. The molecule has 1 fully saturated rings. The number of nitrogens with one attached hydrogen (secondary N) is 1. The molecule has 176 valence electrons. The molecule has 0 saturated carbocycles. The highest BCUT2D eigenvalue weighted by Crippen LogP contribution is 2.30. The van der Waals surface area contributed by atoms with Gasteiger partial charge in [0.15, 0.2) is 0 Å². The Morgan fingerprint density at radius 3 is 2.72 bits per heavy atom. The summed E-state index contributed by atoms with van der Waals surface area (Å²) < 4.78 is 22.0. The maximum atomic E-state index is 12.1. The number of aryl methyl sites for hydroxylation is 1. The molecule has 3 unspecified atom stereocenters. The van der Waals surface area contributed by atoms with Crippen molar-refractivity contribution < 1.29 is 28.5 Å². The fourth-order valence-corrected chi connectivity index (χ4v) is 2.98. The summed E-state index contributed by atoms with van der Waals surface area (Å²) in [6.45, 7) is 6.49. The first-order valence-corrected chi connectivity index (χ1v) is 10.0. The van der Waals surface area contributed by atoms with E-state index in [-0.39, 0.29) is 32.5 Å². The smallest absolute Gasteiger partial charge is 0.460 e. The highest BCUT2D eigenvalue weighted by atomic mass is 16.7. The molecule has 3 atom stereocenters. The molecule has 0 bridgehead atoms. The molecule has 0 radical (unpaired) electrons. The molecule has 1 aliphatic heterocycles. The van der Waals surface area contributed by atoms with Gasteiger partial charge in [-0.15, -0.1) is 0 Å². The van der Waals surface area contributed by atoms with Crippen LogP contribution < -0.4 is 11.2 Å². The molecule has 0 aromatic carbocycles. The predicted molar refractivity (Wildman–Crippen MR) is 110 cm³/mol. The number of carbonyl (C=O) groups is 2. The lowest BCUT2D eigenvalue weighted by atomic mass is 10.1. The highest BCUT2D eigenvalue weighted by molar-refractivity contribution is 5.69. The van der Waals surface area contributed by atoms with Crippen molar-refractivity contribution in [3.63, 3.8) is 0 Å². The van der Waals surface area contributed by atoms with E-state index in [4.69, 9.17) is 24.5 Å². The first kappa shape index (κ1) is 25.0. The van der Waals surface area contributed by atoms with Gasteiger partial charge in [-0.05, 0) is 39.6 Å². The zero-order valence-corrected chi connectivity index (χ0v) is 18.4. The van der Waals surface area contributed by atoms with Crippen molar-refractivity contribution >= 4 is 12.1 Å². The van der Waals surface area contributed by atoms with Gasteiger partial charge in [-0.3, -0.25) is 19.1 Å². The molecular formula is C19H27N5O8. The lowest BCUT2D eigenvalue weighted by Crippen LogP contribution is -2.33. The van der Waals surface area contributed by atoms with Crippen LogP contribution in [-0.4, -0.2) is 52.6 Å². The first-order chi connectivity index (χ1) is 15.0. The Balaban J connectivity index is 1.85. The van der Waals surface area contributed by atoms with Crippen molar-refractivity contribution in [1.82, 2.24) is 9.55 Å². The zero-order valence-electron chi connectivity index (χ0n) is 18.4. The average Bonchev–Trinajstić information content (AvgIpc) is 3.08. The van der Waals surface area contributed by atoms with Gasteiger partial charge in [-0.2, -0.15) is 0 Å². The molecule has 2 rings (SSSR count). The van der Waals surface area contributed by atoms with E-state index < -0.39 is 47.3 Å². The maximum absolute atomic E-state index is 12.1. The summed E-state index contributed by atoms with van der Waals surface area (Å²) >= 11 is 0. The number of aromatic nitrogens is 2. The Labute approximate surface area is 183 Å². The van der Waals surface area contributed by atoms with Gasteiger partial charge in [0.05, 0.1) is 12.6 Å². The molecule has 13 nitrogen and oxygen atoms in total. The van der Waals surface area contributed by atoms with E-state index in [1.165, 1.54) is 17.7 Å². The summed E-state index contributed by atoms with van der Waals surface area (Å²) in [5, 5.41) is 3.64.